The van der Waals surface area contributed by atoms with Crippen LogP contribution in [0.15, 0.2) is 18.2 Å². The molecule has 2 fully saturated rings. The summed E-state index contributed by atoms with van der Waals surface area (Å²) in [6.45, 7) is 2.03. The van der Waals surface area contributed by atoms with Gasteiger partial charge < -0.3 is 21.1 Å². The zero-order chi connectivity index (χ0) is 21.3. The number of aliphatic hydroxyl groups is 1. The molecule has 5 N–H and O–H groups in total. The molecule has 8 nitrogen and oxygen atoms in total. The number of carbonyl (C=O) groups excluding carboxylic acids is 3. The van der Waals surface area contributed by atoms with Gasteiger partial charge in [-0.15, -0.1) is 0 Å². The highest BCUT2D eigenvalue weighted by atomic mass is 16.3. The summed E-state index contributed by atoms with van der Waals surface area (Å²) >= 11 is 0. The Bertz CT molecular complexity index is 842. The molecule has 2 heterocycles. The number of rotatable bonds is 6. The van der Waals surface area contributed by atoms with Gasteiger partial charge in [-0.3, -0.25) is 19.7 Å². The second-order valence-corrected chi connectivity index (χ2v) is 8.76. The Labute approximate surface area is 176 Å². The van der Waals surface area contributed by atoms with Gasteiger partial charge >= 0.3 is 0 Å². The Hall–Kier alpha value is -2.29. The van der Waals surface area contributed by atoms with Crippen LogP contribution >= 0.6 is 0 Å². The number of benzene rings is 1. The quantitative estimate of drug-likeness (QED) is 0.496. The molecule has 1 aromatic carbocycles. The highest BCUT2D eigenvalue weighted by Gasteiger charge is 2.39. The molecule has 1 saturated carbocycles. The highest BCUT2D eigenvalue weighted by molar-refractivity contribution is 6.05. The third-order valence-electron chi connectivity index (χ3n) is 6.82. The second-order valence-electron chi connectivity index (χ2n) is 8.76. The van der Waals surface area contributed by atoms with Gasteiger partial charge in [-0.2, -0.15) is 0 Å². The molecule has 0 radical (unpaired) electrons. The van der Waals surface area contributed by atoms with Gasteiger partial charge in [-0.25, -0.2) is 0 Å². The van der Waals surface area contributed by atoms with Crippen LogP contribution in [0.5, 0.6) is 0 Å². The van der Waals surface area contributed by atoms with Gasteiger partial charge in [0.1, 0.15) is 6.04 Å². The van der Waals surface area contributed by atoms with Gasteiger partial charge in [0, 0.05) is 37.7 Å². The van der Waals surface area contributed by atoms with E-state index in [-0.39, 0.29) is 36.8 Å². The van der Waals surface area contributed by atoms with E-state index in [1.165, 1.54) is 0 Å². The lowest BCUT2D eigenvalue weighted by Crippen LogP contribution is -2.52. The fourth-order valence-corrected chi connectivity index (χ4v) is 4.99. The van der Waals surface area contributed by atoms with Crippen LogP contribution in [0.25, 0.3) is 0 Å². The zero-order valence-electron chi connectivity index (χ0n) is 17.1. The minimum Gasteiger partial charge on any atom is -0.396 e. The van der Waals surface area contributed by atoms with Gasteiger partial charge in [-0.05, 0) is 61.3 Å². The molecule has 2 aliphatic heterocycles. The molecule has 30 heavy (non-hydrogen) atoms. The number of carbonyl (C=O) groups is 3. The molecule has 8 heteroatoms. The number of nitrogens with two attached hydrogens (primary N) is 1. The maximum Gasteiger partial charge on any atom is 0.255 e. The van der Waals surface area contributed by atoms with Crippen molar-refractivity contribution in [3.63, 3.8) is 0 Å². The monoisotopic (exact) mass is 414 g/mol. The molecule has 162 valence electrons. The number of fused-ring (bicyclic) bond motifs is 1. The molecule has 0 aromatic heterocycles. The first-order valence-corrected chi connectivity index (χ1v) is 10.8. The third-order valence-corrected chi connectivity index (χ3v) is 6.82. The maximum absolute atomic E-state index is 12.9. The van der Waals surface area contributed by atoms with Crippen LogP contribution in [0.4, 0.5) is 0 Å². The van der Waals surface area contributed by atoms with Gasteiger partial charge in [0.05, 0.1) is 0 Å². The lowest BCUT2D eigenvalue weighted by Gasteiger charge is -2.33. The lowest BCUT2D eigenvalue weighted by atomic mass is 9.79. The van der Waals surface area contributed by atoms with E-state index in [2.05, 4.69) is 10.6 Å². The largest absolute Gasteiger partial charge is 0.396 e. The average molecular weight is 415 g/mol. The van der Waals surface area contributed by atoms with E-state index in [0.717, 1.165) is 36.9 Å². The minimum atomic E-state index is -0.594. The summed E-state index contributed by atoms with van der Waals surface area (Å²) in [6.07, 6.45) is 3.50. The number of hydrogen-bond donors (Lipinski definition) is 4. The summed E-state index contributed by atoms with van der Waals surface area (Å²) < 4.78 is 0. The maximum atomic E-state index is 12.9. The van der Waals surface area contributed by atoms with Crippen molar-refractivity contribution in [2.45, 2.75) is 57.3 Å². The van der Waals surface area contributed by atoms with Gasteiger partial charge in [0.2, 0.25) is 11.8 Å². The van der Waals surface area contributed by atoms with Crippen LogP contribution in [0.1, 0.15) is 53.6 Å². The topological polar surface area (TPSA) is 125 Å². The Morgan fingerprint density at radius 1 is 1.20 bits per heavy atom. The molecular weight excluding hydrogens is 384 g/mol. The Kier molecular flexibility index (Phi) is 6.17. The van der Waals surface area contributed by atoms with E-state index in [0.29, 0.717) is 36.9 Å². The number of piperidine rings is 1. The number of nitrogens with zero attached hydrogens (tertiary/aromatic N) is 1. The van der Waals surface area contributed by atoms with Crippen molar-refractivity contribution in [3.8, 4) is 0 Å². The van der Waals surface area contributed by atoms with Crippen molar-refractivity contribution in [1.82, 2.24) is 15.5 Å². The van der Waals surface area contributed by atoms with Gasteiger partial charge in [0.25, 0.3) is 5.91 Å². The number of hydrogen-bond acceptors (Lipinski definition) is 6. The normalized spacial score (nSPS) is 29.1. The van der Waals surface area contributed by atoms with Gasteiger partial charge in [0.15, 0.2) is 0 Å². The Morgan fingerprint density at radius 3 is 2.77 bits per heavy atom. The van der Waals surface area contributed by atoms with Crippen LogP contribution in [0.2, 0.25) is 0 Å². The summed E-state index contributed by atoms with van der Waals surface area (Å²) in [5.74, 6) is -0.120. The molecule has 1 unspecified atom stereocenters. The minimum absolute atomic E-state index is 0.0921. The van der Waals surface area contributed by atoms with E-state index < -0.39 is 6.04 Å². The number of aliphatic hydroxyl groups excluding tert-OH is 1. The van der Waals surface area contributed by atoms with Crippen LogP contribution in [-0.4, -0.2) is 53.0 Å². The highest BCUT2D eigenvalue weighted by Crippen LogP contribution is 2.30. The van der Waals surface area contributed by atoms with Crippen molar-refractivity contribution < 1.29 is 19.5 Å². The van der Waals surface area contributed by atoms with Crippen molar-refractivity contribution in [3.05, 3.63) is 34.9 Å². The molecule has 1 aromatic rings. The smallest absolute Gasteiger partial charge is 0.255 e. The van der Waals surface area contributed by atoms with Crippen LogP contribution in [0, 0.1) is 11.8 Å². The van der Waals surface area contributed by atoms with Crippen molar-refractivity contribution in [2.24, 2.45) is 17.6 Å². The van der Waals surface area contributed by atoms with Crippen molar-refractivity contribution >= 4 is 17.7 Å². The molecule has 0 spiro atoms. The summed E-state index contributed by atoms with van der Waals surface area (Å²) in [6, 6.07) is 5.19. The predicted octanol–water partition coefficient (Wildman–Crippen LogP) is 0.273. The van der Waals surface area contributed by atoms with Gasteiger partial charge in [-0.1, -0.05) is 12.1 Å². The molecule has 1 saturated heterocycles. The first kappa shape index (κ1) is 21.0. The predicted molar refractivity (Wildman–Crippen MR) is 110 cm³/mol. The molecular formula is C22H30N4O4. The van der Waals surface area contributed by atoms with E-state index in [1.807, 2.05) is 12.1 Å². The van der Waals surface area contributed by atoms with Crippen molar-refractivity contribution in [2.75, 3.05) is 13.2 Å². The molecule has 0 bridgehead atoms. The fourth-order valence-electron chi connectivity index (χ4n) is 4.99. The van der Waals surface area contributed by atoms with Crippen LogP contribution in [-0.2, 0) is 22.7 Å². The number of imide groups is 1. The summed E-state index contributed by atoms with van der Waals surface area (Å²) in [4.78, 5) is 38.1. The summed E-state index contributed by atoms with van der Waals surface area (Å²) in [5, 5.41) is 15.2. The first-order valence-electron chi connectivity index (χ1n) is 10.8. The summed E-state index contributed by atoms with van der Waals surface area (Å²) in [7, 11) is 0. The van der Waals surface area contributed by atoms with Crippen LogP contribution < -0.4 is 16.4 Å². The van der Waals surface area contributed by atoms with E-state index >= 15 is 0 Å². The molecule has 3 amide bonds. The third kappa shape index (κ3) is 4.12. The number of amides is 3. The number of nitrogens with one attached hydrogen (secondary N) is 2. The van der Waals surface area contributed by atoms with E-state index in [9.17, 15) is 19.5 Å². The first-order chi connectivity index (χ1) is 14.5. The van der Waals surface area contributed by atoms with Crippen LogP contribution in [0.3, 0.4) is 0 Å². The summed E-state index contributed by atoms with van der Waals surface area (Å²) in [5.41, 5.74) is 8.93. The molecule has 1 aliphatic carbocycles. The molecule has 4 atom stereocenters. The molecule has 3 aliphatic rings. The zero-order valence-corrected chi connectivity index (χ0v) is 17.1. The Balaban J connectivity index is 1.38. The van der Waals surface area contributed by atoms with E-state index in [1.54, 1.807) is 11.0 Å². The second kappa shape index (κ2) is 8.83. The standard InChI is InChI=1S/C22H30N4O4/c23-18-8-13(12-27)4-5-15(18)10-24-9-14-2-1-3-16-17(14)11-26(22(16)30)19-6-7-20(28)25-21(19)29/h1-3,13,15,18-19,24,27H,4-12,23H2,(H,25,28,29)/t13-,15-,18-,19?/m1/s1. The fraction of sp³-hybridized carbons (Fsp3) is 0.591. The average Bonchev–Trinajstić information content (AvgIpc) is 3.06. The lowest BCUT2D eigenvalue weighted by molar-refractivity contribution is -0.136. The molecule has 4 rings (SSSR count). The van der Waals surface area contributed by atoms with E-state index in [4.69, 9.17) is 5.73 Å². The Morgan fingerprint density at radius 2 is 2.03 bits per heavy atom. The van der Waals surface area contributed by atoms with Crippen molar-refractivity contribution in [1.29, 1.82) is 0 Å². The SMILES string of the molecule is N[C@@H]1C[C@H](CO)CC[C@@H]1CNCc1cccc2c1CN(C1CCC(=O)NC1=O)C2=O.